The number of carbonyl (C=O) groups is 6. The number of carbonyl (C=O) groups excluding carboxylic acids is 6. The van der Waals surface area contributed by atoms with Gasteiger partial charge in [-0.1, -0.05) is 215 Å². The van der Waals surface area contributed by atoms with Gasteiger partial charge in [-0.3, -0.25) is 14.4 Å². The van der Waals surface area contributed by atoms with E-state index in [1.807, 2.05) is 0 Å². The lowest BCUT2D eigenvalue weighted by atomic mass is 10.1. The standard InChI is InChI=1S/C22H42O4.C18H34O4.C17H32O4/c1-4-6-8-10-11-12-13-14-15-17-19-25-22(24)21(26-20(3)23)18-16-9-7-5-2;1-4-6-8-10-11-13-15-21-18(20)17(22-16(3)19)14-12-9-7-5-2;1-4-7-9-11-13-15(21-16(18)6-3)17(19)20-14-12-10-8-5-2/h21H,4-19H2,1-3H3;17H,4-15H2,1-3H3;15H,4-14H2,1-3H3. The molecule has 69 heavy (non-hydrogen) atoms. The van der Waals surface area contributed by atoms with Crippen LogP contribution in [0.15, 0.2) is 0 Å². The second kappa shape index (κ2) is 55.7. The van der Waals surface area contributed by atoms with E-state index in [0.29, 0.717) is 39.1 Å². The molecule has 0 saturated heterocycles. The van der Waals surface area contributed by atoms with E-state index in [2.05, 4.69) is 41.5 Å². The fraction of sp³-hybridized carbons (Fsp3) is 0.895. The van der Waals surface area contributed by atoms with Crippen molar-refractivity contribution in [2.75, 3.05) is 19.8 Å². The van der Waals surface area contributed by atoms with Gasteiger partial charge in [0.25, 0.3) is 0 Å². The summed E-state index contributed by atoms with van der Waals surface area (Å²) in [5.74, 6) is -2.32. The van der Waals surface area contributed by atoms with Crippen LogP contribution in [0.5, 0.6) is 0 Å². The van der Waals surface area contributed by atoms with E-state index in [1.165, 1.54) is 90.9 Å². The first-order chi connectivity index (χ1) is 33.4. The van der Waals surface area contributed by atoms with Gasteiger partial charge in [0.05, 0.1) is 19.8 Å². The highest BCUT2D eigenvalue weighted by molar-refractivity contribution is 5.80. The highest BCUT2D eigenvalue weighted by Crippen LogP contribution is 2.15. The largest absolute Gasteiger partial charge is 0.463 e. The van der Waals surface area contributed by atoms with E-state index in [4.69, 9.17) is 28.4 Å². The van der Waals surface area contributed by atoms with Crippen molar-refractivity contribution in [3.63, 3.8) is 0 Å². The fourth-order valence-electron chi connectivity index (χ4n) is 7.38. The van der Waals surface area contributed by atoms with E-state index in [0.717, 1.165) is 128 Å². The van der Waals surface area contributed by atoms with Gasteiger partial charge in [-0.15, -0.1) is 0 Å². The molecule has 0 fully saturated rings. The first-order valence-electron chi connectivity index (χ1n) is 28.4. The summed E-state index contributed by atoms with van der Waals surface area (Å²) in [6.07, 6.45) is 36.2. The van der Waals surface area contributed by atoms with Crippen LogP contribution in [0, 0.1) is 0 Å². The summed E-state index contributed by atoms with van der Waals surface area (Å²) in [7, 11) is 0. The van der Waals surface area contributed by atoms with Gasteiger partial charge < -0.3 is 28.4 Å². The Balaban J connectivity index is -0.000000954. The minimum Gasteiger partial charge on any atom is -0.463 e. The Kier molecular flexibility index (Phi) is 56.6. The first kappa shape index (κ1) is 70.1. The van der Waals surface area contributed by atoms with Crippen LogP contribution in [0.1, 0.15) is 293 Å². The molecule has 12 nitrogen and oxygen atoms in total. The molecule has 0 aliphatic heterocycles. The van der Waals surface area contributed by atoms with Crippen molar-refractivity contribution in [2.45, 2.75) is 312 Å². The molecule has 3 unspecified atom stereocenters. The molecule has 0 aromatic rings. The molecule has 0 spiro atoms. The van der Waals surface area contributed by atoms with Crippen molar-refractivity contribution in [3.05, 3.63) is 0 Å². The lowest BCUT2D eigenvalue weighted by Gasteiger charge is -2.16. The number of esters is 6. The SMILES string of the molecule is CCCCCCCCCCCCOC(=O)C(CCCCCC)OC(C)=O.CCCCCCCCOC(=O)C(CCCCCC)OC(C)=O.CCCCCCOC(=O)C(CCCCCC)OC(=O)CC. The molecule has 0 aromatic heterocycles. The summed E-state index contributed by atoms with van der Waals surface area (Å²) in [4.78, 5) is 69.7. The number of unbranched alkanes of at least 4 members (excludes halogenated alkanes) is 26. The third-order valence-corrected chi connectivity index (χ3v) is 11.7. The Hall–Kier alpha value is -3.18. The van der Waals surface area contributed by atoms with Gasteiger partial charge in [-0.2, -0.15) is 0 Å². The molecule has 3 atom stereocenters. The van der Waals surface area contributed by atoms with Crippen LogP contribution in [0.4, 0.5) is 0 Å². The highest BCUT2D eigenvalue weighted by Gasteiger charge is 2.25. The van der Waals surface area contributed by atoms with Gasteiger partial charge >= 0.3 is 35.8 Å². The van der Waals surface area contributed by atoms with E-state index in [1.54, 1.807) is 6.92 Å². The summed E-state index contributed by atoms with van der Waals surface area (Å²) in [5.41, 5.74) is 0. The van der Waals surface area contributed by atoms with Crippen LogP contribution in [0.3, 0.4) is 0 Å². The van der Waals surface area contributed by atoms with Crippen molar-refractivity contribution in [3.8, 4) is 0 Å². The lowest BCUT2D eigenvalue weighted by Crippen LogP contribution is -2.29. The highest BCUT2D eigenvalue weighted by atomic mass is 16.6. The van der Waals surface area contributed by atoms with Crippen molar-refractivity contribution < 1.29 is 57.2 Å². The van der Waals surface area contributed by atoms with Crippen LogP contribution in [-0.2, 0) is 57.2 Å². The smallest absolute Gasteiger partial charge is 0.347 e. The Bertz CT molecular complexity index is 1190. The normalized spacial score (nSPS) is 12.0. The van der Waals surface area contributed by atoms with Gasteiger partial charge in [0.15, 0.2) is 18.3 Å². The quantitative estimate of drug-likeness (QED) is 0.0323. The minimum atomic E-state index is -0.729. The molecule has 12 heteroatoms. The number of rotatable bonds is 45. The predicted octanol–water partition coefficient (Wildman–Crippen LogP) is 15.5. The van der Waals surface area contributed by atoms with E-state index in [-0.39, 0.29) is 30.3 Å². The zero-order valence-corrected chi connectivity index (χ0v) is 46.2. The van der Waals surface area contributed by atoms with Crippen molar-refractivity contribution in [2.24, 2.45) is 0 Å². The van der Waals surface area contributed by atoms with Gasteiger partial charge in [0.1, 0.15) is 0 Å². The summed E-state index contributed by atoms with van der Waals surface area (Å²) >= 11 is 0. The molecule has 0 heterocycles. The lowest BCUT2D eigenvalue weighted by molar-refractivity contribution is -0.168. The topological polar surface area (TPSA) is 158 Å². The monoisotopic (exact) mass is 985 g/mol. The van der Waals surface area contributed by atoms with Gasteiger partial charge in [-0.05, 0) is 57.8 Å². The Morgan fingerprint density at radius 1 is 0.290 bits per heavy atom. The molecule has 0 rings (SSSR count). The molecule has 0 saturated carbocycles. The van der Waals surface area contributed by atoms with E-state index < -0.39 is 30.3 Å². The molecule has 0 N–H and O–H groups in total. The Morgan fingerprint density at radius 3 is 0.754 bits per heavy atom. The zero-order valence-electron chi connectivity index (χ0n) is 46.2. The third kappa shape index (κ3) is 52.5. The maximum Gasteiger partial charge on any atom is 0.347 e. The average Bonchev–Trinajstić information content (AvgIpc) is 3.33. The van der Waals surface area contributed by atoms with Crippen molar-refractivity contribution in [1.29, 1.82) is 0 Å². The van der Waals surface area contributed by atoms with Crippen LogP contribution in [-0.4, -0.2) is 73.9 Å². The molecule has 0 radical (unpaired) electrons. The summed E-state index contributed by atoms with van der Waals surface area (Å²) in [5, 5.41) is 0. The second-order valence-corrected chi connectivity index (χ2v) is 18.6. The molecular weight excluding hydrogens is 877 g/mol. The summed E-state index contributed by atoms with van der Waals surface area (Å²) in [6, 6.07) is 0. The summed E-state index contributed by atoms with van der Waals surface area (Å²) in [6.45, 7) is 18.7. The van der Waals surface area contributed by atoms with Crippen LogP contribution >= 0.6 is 0 Å². The van der Waals surface area contributed by atoms with Gasteiger partial charge in [-0.25, -0.2) is 14.4 Å². The third-order valence-electron chi connectivity index (χ3n) is 11.7. The molecule has 0 aliphatic rings. The molecule has 0 amide bonds. The van der Waals surface area contributed by atoms with Crippen LogP contribution < -0.4 is 0 Å². The van der Waals surface area contributed by atoms with Crippen LogP contribution in [0.2, 0.25) is 0 Å². The van der Waals surface area contributed by atoms with Crippen molar-refractivity contribution >= 4 is 35.8 Å². The maximum absolute atomic E-state index is 12.1. The number of hydrogen-bond donors (Lipinski definition) is 0. The van der Waals surface area contributed by atoms with Gasteiger partial charge in [0, 0.05) is 20.3 Å². The molecule has 0 bridgehead atoms. The number of hydrogen-bond acceptors (Lipinski definition) is 12. The van der Waals surface area contributed by atoms with E-state index in [9.17, 15) is 28.8 Å². The fourth-order valence-corrected chi connectivity index (χ4v) is 7.38. The van der Waals surface area contributed by atoms with Gasteiger partial charge in [0.2, 0.25) is 0 Å². The first-order valence-corrected chi connectivity index (χ1v) is 28.4. The van der Waals surface area contributed by atoms with E-state index >= 15 is 0 Å². The average molecular weight is 985 g/mol. The minimum absolute atomic E-state index is 0.287. The maximum atomic E-state index is 12.1. The Morgan fingerprint density at radius 2 is 0.507 bits per heavy atom. The molecular formula is C57H108O12. The molecule has 0 aromatic carbocycles. The summed E-state index contributed by atoms with van der Waals surface area (Å²) < 4.78 is 31.2. The van der Waals surface area contributed by atoms with Crippen LogP contribution in [0.25, 0.3) is 0 Å². The van der Waals surface area contributed by atoms with Crippen molar-refractivity contribution in [1.82, 2.24) is 0 Å². The zero-order chi connectivity index (χ0) is 52.0. The molecule has 408 valence electrons. The molecule has 0 aliphatic carbocycles. The Labute approximate surface area is 423 Å². The number of ether oxygens (including phenoxy) is 6. The predicted molar refractivity (Wildman–Crippen MR) is 280 cm³/mol. The second-order valence-electron chi connectivity index (χ2n) is 18.6.